The Morgan fingerprint density at radius 1 is 1.14 bits per heavy atom. The Kier molecular flexibility index (Phi) is 5.32. The Morgan fingerprint density at radius 3 is 2.32 bits per heavy atom. The van der Waals surface area contributed by atoms with Crippen molar-refractivity contribution >= 4 is 16.7 Å². The fraction of sp³-hybridized carbons (Fsp3) is 0.278. The molecule has 1 atom stereocenters. The van der Waals surface area contributed by atoms with E-state index in [2.05, 4.69) is 0 Å². The van der Waals surface area contributed by atoms with Crippen molar-refractivity contribution in [1.82, 2.24) is 10.4 Å². The molecule has 2 N–H and O–H groups in total. The van der Waals surface area contributed by atoms with Gasteiger partial charge < -0.3 is 14.6 Å². The maximum absolute atomic E-state index is 13.1. The Balaban J connectivity index is 1.72. The van der Waals surface area contributed by atoms with Gasteiger partial charge in [0, 0.05) is 6.08 Å². The van der Waals surface area contributed by atoms with Crippen LogP contribution in [0.15, 0.2) is 48.2 Å². The number of hydrogen-bond donors (Lipinski definition) is 2. The number of hydrazine groups is 1. The van der Waals surface area contributed by atoms with E-state index >= 15 is 0 Å². The number of allylic oxidation sites excluding steroid dienone is 1. The van der Waals surface area contributed by atoms with Gasteiger partial charge in [-0.15, -0.1) is 0 Å². The van der Waals surface area contributed by atoms with Gasteiger partial charge >= 0.3 is 0 Å². The van der Waals surface area contributed by atoms with Crippen molar-refractivity contribution < 1.29 is 36.9 Å². The molecule has 0 aliphatic carbocycles. The largest absolute Gasteiger partial charge is 0.497 e. The average molecular weight is 400 g/mol. The van der Waals surface area contributed by atoms with Crippen LogP contribution in [0.2, 0.25) is 0 Å². The van der Waals surface area contributed by atoms with Gasteiger partial charge in [0.25, 0.3) is 18.8 Å². The summed E-state index contributed by atoms with van der Waals surface area (Å²) in [5.74, 6) is -0.234. The lowest BCUT2D eigenvalue weighted by molar-refractivity contribution is -0.185. The Hall–Kier alpha value is -3.01. The summed E-state index contributed by atoms with van der Waals surface area (Å²) in [6, 6.07) is 10.2. The molecule has 10 heteroatoms. The molecule has 2 aromatic rings. The van der Waals surface area contributed by atoms with Crippen LogP contribution in [0.4, 0.5) is 17.6 Å². The van der Waals surface area contributed by atoms with Gasteiger partial charge in [-0.1, -0.05) is 12.1 Å². The summed E-state index contributed by atoms with van der Waals surface area (Å²) in [6.45, 7) is -0.756. The van der Waals surface area contributed by atoms with Gasteiger partial charge in [0.15, 0.2) is 6.61 Å². The highest BCUT2D eigenvalue weighted by molar-refractivity contribution is 5.85. The number of aliphatic hydroxyl groups is 1. The van der Waals surface area contributed by atoms with Crippen LogP contribution in [0, 0.1) is 0 Å². The van der Waals surface area contributed by atoms with Crippen molar-refractivity contribution in [2.24, 2.45) is 0 Å². The molecule has 1 aliphatic heterocycles. The molecule has 150 valence electrons. The van der Waals surface area contributed by atoms with Gasteiger partial charge in [-0.3, -0.25) is 10.2 Å². The maximum atomic E-state index is 13.1. The first-order chi connectivity index (χ1) is 13.2. The standard InChI is InChI=1S/C18H16F4N2O4/c1-27-12-4-2-11-7-13(5-3-10(11)6-12)28-9-15(25)24-18(26,17(21)22)8-14(23-24)16(19)20/h2-8,16-17,23,26H,9H2,1H3. The van der Waals surface area contributed by atoms with Crippen molar-refractivity contribution in [1.29, 1.82) is 0 Å². The summed E-state index contributed by atoms with van der Waals surface area (Å²) in [4.78, 5) is 12.2. The van der Waals surface area contributed by atoms with Gasteiger partial charge in [-0.05, 0) is 35.0 Å². The molecule has 1 unspecified atom stereocenters. The minimum absolute atomic E-state index is 0.0467. The number of carbonyl (C=O) groups excluding carboxylic acids is 1. The number of hydrogen-bond acceptors (Lipinski definition) is 5. The van der Waals surface area contributed by atoms with E-state index < -0.39 is 36.8 Å². The molecule has 0 saturated carbocycles. The second-order valence-electron chi connectivity index (χ2n) is 5.99. The zero-order valence-electron chi connectivity index (χ0n) is 14.5. The number of rotatable bonds is 6. The molecule has 0 saturated heterocycles. The van der Waals surface area contributed by atoms with Crippen molar-refractivity contribution in [2.45, 2.75) is 18.6 Å². The highest BCUT2D eigenvalue weighted by Gasteiger charge is 2.50. The summed E-state index contributed by atoms with van der Waals surface area (Å²) in [5.41, 5.74) is -2.37. The van der Waals surface area contributed by atoms with E-state index in [-0.39, 0.29) is 16.8 Å². The fourth-order valence-electron chi connectivity index (χ4n) is 2.71. The molecule has 0 bridgehead atoms. The van der Waals surface area contributed by atoms with Gasteiger partial charge in [-0.2, -0.15) is 0 Å². The molecular weight excluding hydrogens is 384 g/mol. The molecule has 0 spiro atoms. The zero-order chi connectivity index (χ0) is 20.5. The Labute approximate surface area is 156 Å². The van der Waals surface area contributed by atoms with Crippen molar-refractivity contribution in [3.8, 4) is 11.5 Å². The minimum atomic E-state index is -3.50. The van der Waals surface area contributed by atoms with Crippen LogP contribution in [0.5, 0.6) is 11.5 Å². The SMILES string of the molecule is COc1ccc2cc(OCC(=O)N3NC(C(F)F)=CC3(O)C(F)F)ccc2c1. The number of halogens is 4. The number of amides is 1. The highest BCUT2D eigenvalue weighted by atomic mass is 19.3. The monoisotopic (exact) mass is 400 g/mol. The quantitative estimate of drug-likeness (QED) is 0.730. The van der Waals surface area contributed by atoms with Crippen LogP contribution in [0.25, 0.3) is 10.8 Å². The molecule has 28 heavy (non-hydrogen) atoms. The third-order valence-electron chi connectivity index (χ3n) is 4.15. The second kappa shape index (κ2) is 7.55. The first-order valence-electron chi connectivity index (χ1n) is 8.06. The van der Waals surface area contributed by atoms with Crippen LogP contribution in [0.1, 0.15) is 0 Å². The minimum Gasteiger partial charge on any atom is -0.497 e. The number of benzene rings is 2. The topological polar surface area (TPSA) is 71.0 Å². The van der Waals surface area contributed by atoms with E-state index in [1.807, 2.05) is 5.43 Å². The first-order valence-corrected chi connectivity index (χ1v) is 8.06. The average Bonchev–Trinajstić information content (AvgIpc) is 3.05. The fourth-order valence-corrected chi connectivity index (χ4v) is 2.71. The molecular formula is C18H16F4N2O4. The molecule has 1 aliphatic rings. The molecule has 1 heterocycles. The summed E-state index contributed by atoms with van der Waals surface area (Å²) in [7, 11) is 1.53. The Morgan fingerprint density at radius 2 is 1.75 bits per heavy atom. The van der Waals surface area contributed by atoms with E-state index in [4.69, 9.17) is 9.47 Å². The number of carbonyl (C=O) groups is 1. The van der Waals surface area contributed by atoms with Crippen molar-refractivity contribution in [3.05, 3.63) is 48.2 Å². The molecule has 0 fully saturated rings. The van der Waals surface area contributed by atoms with E-state index in [9.17, 15) is 27.5 Å². The molecule has 1 amide bonds. The van der Waals surface area contributed by atoms with Gasteiger partial charge in [0.2, 0.25) is 5.72 Å². The van der Waals surface area contributed by atoms with Crippen LogP contribution in [-0.2, 0) is 4.79 Å². The second-order valence-corrected chi connectivity index (χ2v) is 5.99. The van der Waals surface area contributed by atoms with E-state index in [1.165, 1.54) is 7.11 Å². The summed E-state index contributed by atoms with van der Waals surface area (Å²) in [5, 5.41) is 11.6. The summed E-state index contributed by atoms with van der Waals surface area (Å²) < 4.78 is 62.2. The first kappa shape index (κ1) is 19.7. The predicted molar refractivity (Wildman–Crippen MR) is 91.0 cm³/mol. The number of fused-ring (bicyclic) bond motifs is 1. The lowest BCUT2D eigenvalue weighted by Gasteiger charge is -2.31. The molecule has 6 nitrogen and oxygen atoms in total. The number of methoxy groups -OCH3 is 1. The third-order valence-corrected chi connectivity index (χ3v) is 4.15. The molecule has 3 rings (SSSR count). The molecule has 0 aromatic heterocycles. The number of ether oxygens (including phenoxy) is 2. The maximum Gasteiger partial charge on any atom is 0.291 e. The zero-order valence-corrected chi connectivity index (χ0v) is 14.5. The smallest absolute Gasteiger partial charge is 0.291 e. The molecule has 0 radical (unpaired) electrons. The number of alkyl halides is 4. The van der Waals surface area contributed by atoms with Gasteiger partial charge in [0.05, 0.1) is 12.8 Å². The lowest BCUT2D eigenvalue weighted by atomic mass is 10.1. The summed E-state index contributed by atoms with van der Waals surface area (Å²) >= 11 is 0. The lowest BCUT2D eigenvalue weighted by Crippen LogP contribution is -2.58. The van der Waals surface area contributed by atoms with Crippen molar-refractivity contribution in [3.63, 3.8) is 0 Å². The summed E-state index contributed by atoms with van der Waals surface area (Å²) in [6.07, 6.45) is -6.44. The van der Waals surface area contributed by atoms with Gasteiger partial charge in [-0.25, -0.2) is 22.6 Å². The molecule has 2 aromatic carbocycles. The number of nitrogens with zero attached hydrogens (tertiary/aromatic N) is 1. The van der Waals surface area contributed by atoms with Crippen LogP contribution in [0.3, 0.4) is 0 Å². The van der Waals surface area contributed by atoms with Crippen LogP contribution < -0.4 is 14.9 Å². The van der Waals surface area contributed by atoms with E-state index in [1.54, 1.807) is 36.4 Å². The highest BCUT2D eigenvalue weighted by Crippen LogP contribution is 2.30. The Bertz CT molecular complexity index is 922. The normalized spacial score (nSPS) is 19.1. The van der Waals surface area contributed by atoms with E-state index in [0.29, 0.717) is 5.75 Å². The van der Waals surface area contributed by atoms with Crippen LogP contribution in [-0.4, -0.2) is 48.3 Å². The van der Waals surface area contributed by atoms with Crippen LogP contribution >= 0.6 is 0 Å². The third kappa shape index (κ3) is 3.68. The van der Waals surface area contributed by atoms with Crippen molar-refractivity contribution in [2.75, 3.05) is 13.7 Å². The van der Waals surface area contributed by atoms with E-state index in [0.717, 1.165) is 10.8 Å². The van der Waals surface area contributed by atoms with Gasteiger partial charge in [0.1, 0.15) is 11.5 Å². The number of nitrogens with one attached hydrogen (secondary N) is 1. The predicted octanol–water partition coefficient (Wildman–Crippen LogP) is 2.68.